The van der Waals surface area contributed by atoms with E-state index in [4.69, 9.17) is 14.2 Å². The molecule has 0 bridgehead atoms. The number of hydrogen-bond donors (Lipinski definition) is 1. The van der Waals surface area contributed by atoms with Crippen molar-refractivity contribution >= 4 is 12.1 Å². The van der Waals surface area contributed by atoms with Crippen molar-refractivity contribution in [1.82, 2.24) is 4.90 Å². The van der Waals surface area contributed by atoms with E-state index in [1.54, 1.807) is 0 Å². The fourth-order valence-corrected chi connectivity index (χ4v) is 3.03. The number of ether oxygens (including phenoxy) is 3. The van der Waals surface area contributed by atoms with Crippen molar-refractivity contribution in [3.63, 3.8) is 0 Å². The third kappa shape index (κ3) is 3.02. The zero-order valence-corrected chi connectivity index (χ0v) is 12.8. The van der Waals surface area contributed by atoms with Gasteiger partial charge in [0, 0.05) is 6.42 Å². The minimum Gasteiger partial charge on any atom is -0.480 e. The second-order valence-corrected chi connectivity index (χ2v) is 5.85. The van der Waals surface area contributed by atoms with E-state index in [0.717, 1.165) is 5.56 Å². The van der Waals surface area contributed by atoms with Crippen molar-refractivity contribution in [2.75, 3.05) is 13.2 Å². The fourth-order valence-electron chi connectivity index (χ4n) is 3.03. The second-order valence-electron chi connectivity index (χ2n) is 5.85. The Balaban J connectivity index is 1.75. The Bertz CT molecular complexity index is 591. The molecule has 23 heavy (non-hydrogen) atoms. The molecule has 124 valence electrons. The van der Waals surface area contributed by atoms with Gasteiger partial charge in [-0.2, -0.15) is 0 Å². The standard InChI is InChI=1S/C16H19NO6/c1-11-7-16(10-22-11)17(13(9-23-16)14(18)19)15(20)21-8-12-5-3-2-4-6-12/h2-6,11,13H,7-10H2,1H3,(H,18,19). The summed E-state index contributed by atoms with van der Waals surface area (Å²) in [6, 6.07) is 8.16. The SMILES string of the molecule is CC1CC2(CO1)OCC(C(=O)O)N2C(=O)OCc1ccccc1. The summed E-state index contributed by atoms with van der Waals surface area (Å²) in [6.07, 6.45) is -0.375. The predicted molar refractivity (Wildman–Crippen MR) is 78.6 cm³/mol. The molecular formula is C16H19NO6. The van der Waals surface area contributed by atoms with Crippen LogP contribution in [0.25, 0.3) is 0 Å². The highest BCUT2D eigenvalue weighted by atomic mass is 16.6. The van der Waals surface area contributed by atoms with Gasteiger partial charge in [-0.3, -0.25) is 4.90 Å². The monoisotopic (exact) mass is 321 g/mol. The number of amides is 1. The second kappa shape index (κ2) is 6.17. The maximum atomic E-state index is 12.5. The number of aliphatic carboxylic acids is 1. The third-order valence-corrected chi connectivity index (χ3v) is 4.15. The molecule has 2 heterocycles. The van der Waals surface area contributed by atoms with Crippen molar-refractivity contribution in [3.05, 3.63) is 35.9 Å². The lowest BCUT2D eigenvalue weighted by molar-refractivity contribution is -0.143. The minimum absolute atomic E-state index is 0.0636. The van der Waals surface area contributed by atoms with Crippen LogP contribution in [0.1, 0.15) is 18.9 Å². The summed E-state index contributed by atoms with van der Waals surface area (Å²) in [7, 11) is 0. The van der Waals surface area contributed by atoms with Crippen molar-refractivity contribution in [2.45, 2.75) is 37.8 Å². The average Bonchev–Trinajstić information content (AvgIpc) is 3.10. The molecule has 1 aromatic carbocycles. The summed E-state index contributed by atoms with van der Waals surface area (Å²) in [4.78, 5) is 25.1. The molecule has 1 spiro atoms. The molecule has 7 heteroatoms. The van der Waals surface area contributed by atoms with Gasteiger partial charge < -0.3 is 19.3 Å². The van der Waals surface area contributed by atoms with Gasteiger partial charge in [0.25, 0.3) is 0 Å². The van der Waals surface area contributed by atoms with E-state index in [0.29, 0.717) is 6.42 Å². The lowest BCUT2D eigenvalue weighted by Gasteiger charge is -2.33. The number of carboxylic acids is 1. The summed E-state index contributed by atoms with van der Waals surface area (Å²) in [5.41, 5.74) is -0.214. The van der Waals surface area contributed by atoms with Crippen LogP contribution in [-0.4, -0.2) is 53.2 Å². The molecule has 0 aliphatic carbocycles. The van der Waals surface area contributed by atoms with E-state index in [-0.39, 0.29) is 25.9 Å². The molecule has 1 N–H and O–H groups in total. The van der Waals surface area contributed by atoms with Crippen LogP contribution in [0.4, 0.5) is 4.79 Å². The van der Waals surface area contributed by atoms with Crippen molar-refractivity contribution in [1.29, 1.82) is 0 Å². The summed E-state index contributed by atoms with van der Waals surface area (Å²) in [6.45, 7) is 2.03. The van der Waals surface area contributed by atoms with Crippen LogP contribution in [0.2, 0.25) is 0 Å². The molecule has 2 aliphatic heterocycles. The molecule has 7 nitrogen and oxygen atoms in total. The van der Waals surface area contributed by atoms with E-state index in [9.17, 15) is 14.7 Å². The van der Waals surface area contributed by atoms with Gasteiger partial charge in [0.1, 0.15) is 6.61 Å². The molecule has 0 radical (unpaired) electrons. The Morgan fingerprint density at radius 3 is 2.74 bits per heavy atom. The molecule has 2 saturated heterocycles. The normalized spacial score (nSPS) is 29.9. The molecule has 3 unspecified atom stereocenters. The molecule has 2 aliphatic rings. The highest BCUT2D eigenvalue weighted by molar-refractivity contribution is 5.81. The summed E-state index contributed by atoms with van der Waals surface area (Å²) in [5.74, 6) is -1.11. The van der Waals surface area contributed by atoms with Gasteiger partial charge in [-0.25, -0.2) is 9.59 Å². The first-order valence-electron chi connectivity index (χ1n) is 7.50. The molecule has 1 aromatic rings. The van der Waals surface area contributed by atoms with Crippen LogP contribution in [-0.2, 0) is 25.6 Å². The Morgan fingerprint density at radius 2 is 2.13 bits per heavy atom. The number of hydrogen-bond acceptors (Lipinski definition) is 5. The van der Waals surface area contributed by atoms with E-state index in [1.807, 2.05) is 37.3 Å². The number of carbonyl (C=O) groups is 2. The molecule has 3 atom stereocenters. The van der Waals surface area contributed by atoms with Crippen LogP contribution in [0, 0.1) is 0 Å². The molecule has 2 fully saturated rings. The van der Waals surface area contributed by atoms with Gasteiger partial charge >= 0.3 is 12.1 Å². The first-order chi connectivity index (χ1) is 11.0. The molecule has 0 saturated carbocycles. The summed E-state index contributed by atoms with van der Waals surface area (Å²) in [5, 5.41) is 9.36. The van der Waals surface area contributed by atoms with Gasteiger partial charge in [-0.1, -0.05) is 30.3 Å². The molecular weight excluding hydrogens is 302 g/mol. The highest BCUT2D eigenvalue weighted by Gasteiger charge is 2.57. The van der Waals surface area contributed by atoms with E-state index in [2.05, 4.69) is 0 Å². The highest BCUT2D eigenvalue weighted by Crippen LogP contribution is 2.38. The summed E-state index contributed by atoms with van der Waals surface area (Å²) < 4.78 is 16.4. The zero-order chi connectivity index (χ0) is 16.4. The van der Waals surface area contributed by atoms with Crippen molar-refractivity contribution in [3.8, 4) is 0 Å². The topological polar surface area (TPSA) is 85.3 Å². The van der Waals surface area contributed by atoms with Gasteiger partial charge in [-0.05, 0) is 12.5 Å². The maximum Gasteiger partial charge on any atom is 0.413 e. The van der Waals surface area contributed by atoms with E-state index < -0.39 is 23.8 Å². The Kier molecular flexibility index (Phi) is 4.23. The zero-order valence-electron chi connectivity index (χ0n) is 12.8. The third-order valence-electron chi connectivity index (χ3n) is 4.15. The average molecular weight is 321 g/mol. The number of nitrogens with zero attached hydrogens (tertiary/aromatic N) is 1. The quantitative estimate of drug-likeness (QED) is 0.910. The van der Waals surface area contributed by atoms with Gasteiger partial charge in [0.05, 0.1) is 19.3 Å². The van der Waals surface area contributed by atoms with E-state index in [1.165, 1.54) is 4.90 Å². The van der Waals surface area contributed by atoms with Crippen LogP contribution >= 0.6 is 0 Å². The first kappa shape index (κ1) is 15.8. The van der Waals surface area contributed by atoms with Gasteiger partial charge in [-0.15, -0.1) is 0 Å². The largest absolute Gasteiger partial charge is 0.480 e. The number of carboxylic acid groups (broad SMARTS) is 1. The molecule has 0 aromatic heterocycles. The number of rotatable bonds is 3. The smallest absolute Gasteiger partial charge is 0.413 e. The van der Waals surface area contributed by atoms with Crippen LogP contribution in [0.15, 0.2) is 30.3 Å². The Labute approximate surface area is 133 Å². The maximum absolute atomic E-state index is 12.5. The lowest BCUT2D eigenvalue weighted by Crippen LogP contribution is -2.54. The van der Waals surface area contributed by atoms with Crippen LogP contribution < -0.4 is 0 Å². The van der Waals surface area contributed by atoms with Crippen LogP contribution in [0.5, 0.6) is 0 Å². The number of carbonyl (C=O) groups excluding carboxylic acids is 1. The van der Waals surface area contributed by atoms with E-state index >= 15 is 0 Å². The van der Waals surface area contributed by atoms with Crippen molar-refractivity contribution in [2.24, 2.45) is 0 Å². The van der Waals surface area contributed by atoms with Gasteiger partial charge in [0.2, 0.25) is 0 Å². The Hall–Kier alpha value is -2.12. The lowest BCUT2D eigenvalue weighted by atomic mass is 10.1. The van der Waals surface area contributed by atoms with Gasteiger partial charge in [0.15, 0.2) is 11.8 Å². The van der Waals surface area contributed by atoms with Crippen molar-refractivity contribution < 1.29 is 28.9 Å². The first-order valence-corrected chi connectivity index (χ1v) is 7.50. The predicted octanol–water partition coefficient (Wildman–Crippen LogP) is 1.61. The number of benzene rings is 1. The van der Waals surface area contributed by atoms with Crippen LogP contribution in [0.3, 0.4) is 0 Å². The Morgan fingerprint density at radius 1 is 1.39 bits per heavy atom. The minimum atomic E-state index is -1.11. The fraction of sp³-hybridized carbons (Fsp3) is 0.500. The summed E-state index contributed by atoms with van der Waals surface area (Å²) >= 11 is 0. The molecule has 3 rings (SSSR count). The molecule has 1 amide bonds.